The molecule has 1 aliphatic rings. The molecule has 12 heteroatoms. The summed E-state index contributed by atoms with van der Waals surface area (Å²) in [6.45, 7) is 7.70. The minimum absolute atomic E-state index is 0.00694. The van der Waals surface area contributed by atoms with Gasteiger partial charge in [0.15, 0.2) is 0 Å². The Kier molecular flexibility index (Phi) is 23.5. The monoisotopic (exact) mass is 516 g/mol. The molecule has 30 heavy (non-hydrogen) atoms. The van der Waals surface area contributed by atoms with Gasteiger partial charge in [-0.2, -0.15) is 0 Å². The third-order valence-electron chi connectivity index (χ3n) is 4.56. The van der Waals surface area contributed by atoms with E-state index in [0.29, 0.717) is 26.4 Å². The van der Waals surface area contributed by atoms with Crippen molar-refractivity contribution in [2.24, 2.45) is 0 Å². The second kappa shape index (κ2) is 22.9. The zero-order chi connectivity index (χ0) is 22.5. The molecular formula is C18H41Cl2MnN5O4. The van der Waals surface area contributed by atoms with Crippen LogP contribution >= 0.6 is 20.2 Å². The summed E-state index contributed by atoms with van der Waals surface area (Å²) < 4.78 is 21.5. The molecule has 1 heterocycles. The average molecular weight is 517 g/mol. The van der Waals surface area contributed by atoms with Gasteiger partial charge < -0.3 is 45.5 Å². The van der Waals surface area contributed by atoms with Crippen molar-refractivity contribution in [3.8, 4) is 0 Å². The van der Waals surface area contributed by atoms with E-state index in [-0.39, 0.29) is 37.3 Å². The van der Waals surface area contributed by atoms with E-state index in [1.165, 1.54) is 0 Å². The van der Waals surface area contributed by atoms with Crippen LogP contribution in [0, 0.1) is 0 Å². The Bertz CT molecular complexity index is 341. The van der Waals surface area contributed by atoms with Gasteiger partial charge in [0.2, 0.25) is 0 Å². The summed E-state index contributed by atoms with van der Waals surface area (Å²) in [6.07, 6.45) is 0. The van der Waals surface area contributed by atoms with Crippen molar-refractivity contribution in [2.75, 3.05) is 94.1 Å². The Hall–Kier alpha value is 0.739. The van der Waals surface area contributed by atoms with Gasteiger partial charge in [0, 0.05) is 91.9 Å². The summed E-state index contributed by atoms with van der Waals surface area (Å²) in [5, 5.41) is 17.8. The Labute approximate surface area is 196 Å². The summed E-state index contributed by atoms with van der Waals surface area (Å²) in [7, 11) is 16.5. The summed E-state index contributed by atoms with van der Waals surface area (Å²) in [4.78, 5) is 0. The third kappa shape index (κ3) is 17.3. The molecule has 183 valence electrons. The van der Waals surface area contributed by atoms with Crippen LogP contribution in [0.1, 0.15) is 0 Å². The fraction of sp³-hybridized carbons (Fsp3) is 1.00. The van der Waals surface area contributed by atoms with Crippen molar-refractivity contribution in [2.45, 2.75) is 24.2 Å². The molecular weight excluding hydrogens is 476 g/mol. The van der Waals surface area contributed by atoms with E-state index in [1.54, 1.807) is 28.4 Å². The molecule has 0 saturated carbocycles. The Balaban J connectivity index is 0.00000263. The van der Waals surface area contributed by atoms with Gasteiger partial charge in [-0.3, -0.25) is 0 Å². The van der Waals surface area contributed by atoms with Crippen LogP contribution in [0.2, 0.25) is 0 Å². The first-order chi connectivity index (χ1) is 14.6. The van der Waals surface area contributed by atoms with Crippen LogP contribution in [-0.4, -0.2) is 118 Å². The summed E-state index contributed by atoms with van der Waals surface area (Å²) >= 11 is 0.00694. The summed E-state index contributed by atoms with van der Waals surface area (Å²) in [6, 6.07) is 0.940. The topological polar surface area (TPSA) is 97.1 Å². The van der Waals surface area contributed by atoms with E-state index in [2.05, 4.69) is 26.6 Å². The van der Waals surface area contributed by atoms with Gasteiger partial charge in [-0.05, 0) is 0 Å². The second-order valence-electron chi connectivity index (χ2n) is 7.05. The fourth-order valence-electron chi connectivity index (χ4n) is 3.13. The van der Waals surface area contributed by atoms with E-state index in [4.69, 9.17) is 39.1 Å². The SMILES string of the molecule is COC[C@H]1CN[C@H](COC)CN[C@@H](COC)CN[C@H](COC)CNCCN1.[Cl][Mn][Cl]. The molecule has 1 aliphatic heterocycles. The molecule has 0 radical (unpaired) electrons. The molecule has 0 aromatic carbocycles. The standard InChI is InChI=1S/C18H41N5O4.2ClH.Mn/c1-24-11-15-7-19-5-6-20-16(12-25-2)8-22-18(14-27-4)10-23-17(9-21-15)13-26-3;;;/h15-23H,5-14H2,1-4H3;2*1H;/q;;;+2/p-2/t15-,16+,17+,18-;;;/m0.../s1. The number of nitrogens with one attached hydrogen (secondary N) is 5. The third-order valence-corrected chi connectivity index (χ3v) is 4.56. The zero-order valence-electron chi connectivity index (χ0n) is 18.6. The molecule has 1 saturated heterocycles. The summed E-state index contributed by atoms with van der Waals surface area (Å²) in [5.74, 6) is 0. The number of rotatable bonds is 8. The van der Waals surface area contributed by atoms with Crippen LogP contribution in [0.4, 0.5) is 0 Å². The van der Waals surface area contributed by atoms with E-state index in [9.17, 15) is 0 Å². The van der Waals surface area contributed by atoms with Crippen LogP contribution in [0.5, 0.6) is 0 Å². The Morgan fingerprint density at radius 3 is 1.30 bits per heavy atom. The van der Waals surface area contributed by atoms with Gasteiger partial charge >= 0.3 is 33.3 Å². The maximum atomic E-state index is 5.38. The van der Waals surface area contributed by atoms with E-state index < -0.39 is 0 Å². The molecule has 1 fully saturated rings. The zero-order valence-corrected chi connectivity index (χ0v) is 21.3. The number of hydrogen-bond donors (Lipinski definition) is 5. The average Bonchev–Trinajstić information content (AvgIpc) is 2.73. The molecule has 0 spiro atoms. The molecule has 1 rings (SSSR count). The molecule has 0 bridgehead atoms. The molecule has 0 aliphatic carbocycles. The van der Waals surface area contributed by atoms with Crippen LogP contribution in [0.15, 0.2) is 0 Å². The number of ether oxygens (including phenoxy) is 4. The van der Waals surface area contributed by atoms with Gasteiger partial charge in [-0.25, -0.2) is 0 Å². The Morgan fingerprint density at radius 1 is 0.600 bits per heavy atom. The normalized spacial score (nSPS) is 27.4. The van der Waals surface area contributed by atoms with Crippen molar-refractivity contribution in [3.05, 3.63) is 0 Å². The first-order valence-corrected chi connectivity index (χ1v) is 13.4. The predicted molar refractivity (Wildman–Crippen MR) is 119 cm³/mol. The van der Waals surface area contributed by atoms with Crippen molar-refractivity contribution in [1.29, 1.82) is 0 Å². The van der Waals surface area contributed by atoms with Gasteiger partial charge in [0.25, 0.3) is 0 Å². The van der Waals surface area contributed by atoms with Gasteiger partial charge in [0.05, 0.1) is 26.4 Å². The van der Waals surface area contributed by atoms with Gasteiger partial charge in [-0.1, -0.05) is 0 Å². The van der Waals surface area contributed by atoms with Gasteiger partial charge in [0.1, 0.15) is 0 Å². The first-order valence-electron chi connectivity index (χ1n) is 10.1. The maximum absolute atomic E-state index is 5.38. The molecule has 0 aromatic heterocycles. The second-order valence-corrected chi connectivity index (χ2v) is 9.00. The quantitative estimate of drug-likeness (QED) is 0.270. The number of hydrogen-bond acceptors (Lipinski definition) is 9. The number of halogens is 2. The number of methoxy groups -OCH3 is 4. The van der Waals surface area contributed by atoms with Crippen molar-refractivity contribution >= 4 is 20.2 Å². The minimum atomic E-state index is 0.00694. The van der Waals surface area contributed by atoms with Crippen molar-refractivity contribution in [3.63, 3.8) is 0 Å². The molecule has 5 N–H and O–H groups in total. The van der Waals surface area contributed by atoms with Gasteiger partial charge in [-0.15, -0.1) is 0 Å². The molecule has 0 aromatic rings. The van der Waals surface area contributed by atoms with Crippen LogP contribution < -0.4 is 26.6 Å². The van der Waals surface area contributed by atoms with Crippen molar-refractivity contribution < 1.29 is 32.1 Å². The fourth-order valence-corrected chi connectivity index (χ4v) is 3.13. The Morgan fingerprint density at radius 2 is 0.933 bits per heavy atom. The van der Waals surface area contributed by atoms with E-state index in [1.807, 2.05) is 0 Å². The van der Waals surface area contributed by atoms with Crippen molar-refractivity contribution in [1.82, 2.24) is 26.6 Å². The summed E-state index contributed by atoms with van der Waals surface area (Å²) in [5.41, 5.74) is 0. The van der Waals surface area contributed by atoms with Crippen LogP contribution in [0.25, 0.3) is 0 Å². The molecule has 0 amide bonds. The first kappa shape index (κ1) is 30.7. The van der Waals surface area contributed by atoms with Crippen LogP contribution in [0.3, 0.4) is 0 Å². The molecule has 0 unspecified atom stereocenters. The van der Waals surface area contributed by atoms with E-state index >= 15 is 0 Å². The molecule has 4 atom stereocenters. The van der Waals surface area contributed by atoms with Crippen LogP contribution in [-0.2, 0) is 32.1 Å². The predicted octanol–water partition coefficient (Wildman–Crippen LogP) is -0.615. The van der Waals surface area contributed by atoms with E-state index in [0.717, 1.165) is 39.3 Å². The molecule has 9 nitrogen and oxygen atoms in total.